The average Bonchev–Trinajstić information content (AvgIpc) is 2.70. The lowest BCUT2D eigenvalue weighted by molar-refractivity contribution is -0.384. The number of benzene rings is 2. The number of nitrogens with zero attached hydrogens (tertiary/aromatic N) is 2. The van der Waals surface area contributed by atoms with Crippen molar-refractivity contribution in [2.75, 3.05) is 5.32 Å². The van der Waals surface area contributed by atoms with Gasteiger partial charge in [0.25, 0.3) is 11.6 Å². The van der Waals surface area contributed by atoms with Crippen LogP contribution in [0.4, 0.5) is 24.5 Å². The fourth-order valence-corrected chi connectivity index (χ4v) is 3.00. The van der Waals surface area contributed by atoms with Crippen LogP contribution in [-0.4, -0.2) is 15.8 Å². The fourth-order valence-electron chi connectivity index (χ4n) is 2.37. The van der Waals surface area contributed by atoms with Crippen molar-refractivity contribution in [3.8, 4) is 11.6 Å². The summed E-state index contributed by atoms with van der Waals surface area (Å²) in [7, 11) is 0. The summed E-state index contributed by atoms with van der Waals surface area (Å²) in [5.74, 6) is -0.590. The van der Waals surface area contributed by atoms with Crippen LogP contribution in [0.5, 0.6) is 11.6 Å². The third-order valence-corrected chi connectivity index (χ3v) is 4.83. The van der Waals surface area contributed by atoms with E-state index in [9.17, 15) is 28.1 Å². The standard InChI is InChI=1S/C19H10BrClF3N3O4/c20-15-6-3-12(27(29)30)8-14(15)17(28)26-11-1-4-13(5-2-11)31-18-16(21)7-10(9-25-18)19(22,23)24/h1-9H,(H,26,28). The summed E-state index contributed by atoms with van der Waals surface area (Å²) in [5.41, 5.74) is -0.828. The third-order valence-electron chi connectivity index (χ3n) is 3.87. The van der Waals surface area contributed by atoms with E-state index in [2.05, 4.69) is 26.2 Å². The van der Waals surface area contributed by atoms with Crippen molar-refractivity contribution < 1.29 is 27.6 Å². The van der Waals surface area contributed by atoms with Crippen LogP contribution < -0.4 is 10.1 Å². The van der Waals surface area contributed by atoms with Gasteiger partial charge in [-0.25, -0.2) is 4.98 Å². The second-order valence-electron chi connectivity index (χ2n) is 6.01. The highest BCUT2D eigenvalue weighted by Gasteiger charge is 2.31. The van der Waals surface area contributed by atoms with E-state index in [-0.39, 0.29) is 27.9 Å². The van der Waals surface area contributed by atoms with Crippen LogP contribution in [-0.2, 0) is 6.18 Å². The summed E-state index contributed by atoms with van der Waals surface area (Å²) in [6.45, 7) is 0. The van der Waals surface area contributed by atoms with Crippen molar-refractivity contribution in [3.05, 3.63) is 85.5 Å². The molecule has 0 aliphatic heterocycles. The Morgan fingerprint density at radius 3 is 2.42 bits per heavy atom. The van der Waals surface area contributed by atoms with Gasteiger partial charge in [0.2, 0.25) is 5.88 Å². The number of anilines is 1. The SMILES string of the molecule is O=C(Nc1ccc(Oc2ncc(C(F)(F)F)cc2Cl)cc1)c1cc([N+](=O)[O-])ccc1Br. The number of aromatic nitrogens is 1. The van der Waals surface area contributed by atoms with E-state index in [1.165, 1.54) is 36.4 Å². The first-order valence-corrected chi connectivity index (χ1v) is 9.47. The van der Waals surface area contributed by atoms with Gasteiger partial charge in [-0.05, 0) is 52.3 Å². The molecule has 0 saturated heterocycles. The number of halogens is 5. The molecule has 3 rings (SSSR count). The Morgan fingerprint density at radius 1 is 1.16 bits per heavy atom. The van der Waals surface area contributed by atoms with Crippen LogP contribution in [0.2, 0.25) is 5.02 Å². The van der Waals surface area contributed by atoms with Gasteiger partial charge in [-0.3, -0.25) is 14.9 Å². The molecule has 3 aromatic rings. The Labute approximate surface area is 186 Å². The topological polar surface area (TPSA) is 94.4 Å². The number of pyridine rings is 1. The van der Waals surface area contributed by atoms with Gasteiger partial charge in [0.05, 0.1) is 16.1 Å². The van der Waals surface area contributed by atoms with E-state index in [0.717, 1.165) is 6.07 Å². The number of amides is 1. The number of carbonyl (C=O) groups is 1. The number of rotatable bonds is 5. The molecule has 0 aliphatic carbocycles. The average molecular weight is 517 g/mol. The second-order valence-corrected chi connectivity index (χ2v) is 7.27. The van der Waals surface area contributed by atoms with E-state index in [1.54, 1.807) is 0 Å². The Hall–Kier alpha value is -3.18. The minimum Gasteiger partial charge on any atom is -0.438 e. The maximum Gasteiger partial charge on any atom is 0.417 e. The van der Waals surface area contributed by atoms with Crippen LogP contribution in [0, 0.1) is 10.1 Å². The summed E-state index contributed by atoms with van der Waals surface area (Å²) in [4.78, 5) is 26.3. The van der Waals surface area contributed by atoms with E-state index in [1.807, 2.05) is 0 Å². The molecule has 0 saturated carbocycles. The molecule has 0 spiro atoms. The number of non-ortho nitro benzene ring substituents is 1. The van der Waals surface area contributed by atoms with E-state index < -0.39 is 22.6 Å². The minimum atomic E-state index is -4.58. The molecule has 1 N–H and O–H groups in total. The molecule has 12 heteroatoms. The molecule has 160 valence electrons. The first-order valence-electron chi connectivity index (χ1n) is 8.30. The van der Waals surface area contributed by atoms with Crippen molar-refractivity contribution in [3.63, 3.8) is 0 Å². The van der Waals surface area contributed by atoms with Gasteiger partial charge in [-0.15, -0.1) is 0 Å². The van der Waals surface area contributed by atoms with E-state index in [0.29, 0.717) is 22.4 Å². The van der Waals surface area contributed by atoms with Gasteiger partial charge in [-0.2, -0.15) is 13.2 Å². The second kappa shape index (κ2) is 8.90. The van der Waals surface area contributed by atoms with Crippen molar-refractivity contribution in [2.24, 2.45) is 0 Å². The highest BCUT2D eigenvalue weighted by Crippen LogP contribution is 2.35. The summed E-state index contributed by atoms with van der Waals surface area (Å²) < 4.78 is 43.8. The molecular weight excluding hydrogens is 507 g/mol. The zero-order valence-electron chi connectivity index (χ0n) is 15.1. The number of nitrogens with one attached hydrogen (secondary N) is 1. The van der Waals surface area contributed by atoms with Crippen molar-refractivity contribution >= 4 is 44.8 Å². The third kappa shape index (κ3) is 5.50. The highest BCUT2D eigenvalue weighted by molar-refractivity contribution is 9.10. The number of hydrogen-bond acceptors (Lipinski definition) is 5. The van der Waals surface area contributed by atoms with E-state index >= 15 is 0 Å². The molecule has 0 radical (unpaired) electrons. The fraction of sp³-hybridized carbons (Fsp3) is 0.0526. The number of nitro benzene ring substituents is 1. The lowest BCUT2D eigenvalue weighted by Gasteiger charge is -2.11. The van der Waals surface area contributed by atoms with Crippen LogP contribution >= 0.6 is 27.5 Å². The predicted molar refractivity (Wildman–Crippen MR) is 110 cm³/mol. The number of nitro groups is 1. The molecule has 2 aromatic carbocycles. The minimum absolute atomic E-state index is 0.0651. The molecular formula is C19H10BrClF3N3O4. The monoisotopic (exact) mass is 515 g/mol. The molecule has 0 bridgehead atoms. The molecule has 7 nitrogen and oxygen atoms in total. The van der Waals surface area contributed by atoms with Crippen molar-refractivity contribution in [1.29, 1.82) is 0 Å². The predicted octanol–water partition coefficient (Wildman–Crippen LogP) is 6.47. The normalized spacial score (nSPS) is 11.1. The highest BCUT2D eigenvalue weighted by atomic mass is 79.9. The lowest BCUT2D eigenvalue weighted by atomic mass is 10.2. The zero-order valence-corrected chi connectivity index (χ0v) is 17.5. The van der Waals surface area contributed by atoms with Crippen LogP contribution in [0.25, 0.3) is 0 Å². The Morgan fingerprint density at radius 2 is 1.84 bits per heavy atom. The first-order chi connectivity index (χ1) is 14.5. The summed E-state index contributed by atoms with van der Waals surface area (Å²) in [6, 6.07) is 10.3. The Balaban J connectivity index is 1.72. The van der Waals surface area contributed by atoms with E-state index in [4.69, 9.17) is 16.3 Å². The molecule has 0 aliphatic rings. The molecule has 0 fully saturated rings. The number of carbonyl (C=O) groups excluding carboxylic acids is 1. The first kappa shape index (κ1) is 22.5. The zero-order chi connectivity index (χ0) is 22.8. The Kier molecular flexibility index (Phi) is 6.46. The molecule has 0 atom stereocenters. The Bertz CT molecular complexity index is 1160. The maximum absolute atomic E-state index is 12.7. The van der Waals surface area contributed by atoms with Crippen molar-refractivity contribution in [2.45, 2.75) is 6.18 Å². The molecule has 31 heavy (non-hydrogen) atoms. The number of alkyl halides is 3. The molecule has 1 aromatic heterocycles. The molecule has 1 heterocycles. The lowest BCUT2D eigenvalue weighted by Crippen LogP contribution is -2.12. The summed E-state index contributed by atoms with van der Waals surface area (Å²) in [5, 5.41) is 13.2. The maximum atomic E-state index is 12.7. The van der Waals surface area contributed by atoms with Crippen LogP contribution in [0.3, 0.4) is 0 Å². The van der Waals surface area contributed by atoms with Crippen molar-refractivity contribution in [1.82, 2.24) is 4.98 Å². The number of hydrogen-bond donors (Lipinski definition) is 1. The van der Waals surface area contributed by atoms with Gasteiger partial charge >= 0.3 is 6.18 Å². The number of ether oxygens (including phenoxy) is 1. The van der Waals surface area contributed by atoms with Gasteiger partial charge in [0.15, 0.2) is 0 Å². The molecule has 0 unspecified atom stereocenters. The summed E-state index contributed by atoms with van der Waals surface area (Å²) >= 11 is 8.98. The van der Waals surface area contributed by atoms with Gasteiger partial charge in [0.1, 0.15) is 10.8 Å². The quantitative estimate of drug-likeness (QED) is 0.310. The smallest absolute Gasteiger partial charge is 0.417 e. The van der Waals surface area contributed by atoms with Crippen LogP contribution in [0.1, 0.15) is 15.9 Å². The molecule has 1 amide bonds. The van der Waals surface area contributed by atoms with Gasteiger partial charge in [0, 0.05) is 28.5 Å². The largest absolute Gasteiger partial charge is 0.438 e. The van der Waals surface area contributed by atoms with Crippen LogP contribution in [0.15, 0.2) is 59.2 Å². The van der Waals surface area contributed by atoms with Gasteiger partial charge < -0.3 is 10.1 Å². The summed E-state index contributed by atoms with van der Waals surface area (Å²) in [6.07, 6.45) is -3.98. The van der Waals surface area contributed by atoms with Gasteiger partial charge in [-0.1, -0.05) is 11.6 Å².